The molecule has 1 saturated carbocycles. The highest BCUT2D eigenvalue weighted by Crippen LogP contribution is 2.34. The molecule has 6 rings (SSSR count). The summed E-state index contributed by atoms with van der Waals surface area (Å²) in [6.45, 7) is 0.139. The number of thiophene rings is 1. The van der Waals surface area contributed by atoms with Crippen LogP contribution in [0.15, 0.2) is 60.0 Å². The third-order valence-electron chi connectivity index (χ3n) is 7.51. The van der Waals surface area contributed by atoms with Gasteiger partial charge in [0.2, 0.25) is 24.4 Å². The second-order valence-electron chi connectivity index (χ2n) is 10.3. The van der Waals surface area contributed by atoms with Crippen molar-refractivity contribution in [1.29, 1.82) is 0 Å². The van der Waals surface area contributed by atoms with Crippen LogP contribution in [0.1, 0.15) is 48.6 Å². The minimum absolute atomic E-state index is 0.0974. The number of carbonyl (C=O) groups is 2. The van der Waals surface area contributed by atoms with Crippen molar-refractivity contribution >= 4 is 23.2 Å². The van der Waals surface area contributed by atoms with Gasteiger partial charge in [0, 0.05) is 23.0 Å². The summed E-state index contributed by atoms with van der Waals surface area (Å²) < 4.78 is 16.3. The normalized spacial score (nSPS) is 15.3. The van der Waals surface area contributed by atoms with Crippen molar-refractivity contribution in [2.45, 2.75) is 57.3 Å². The Balaban J connectivity index is 1.28. The Morgan fingerprint density at radius 3 is 2.67 bits per heavy atom. The molecule has 12 heteroatoms. The van der Waals surface area contributed by atoms with Crippen LogP contribution in [0.25, 0.3) is 11.4 Å². The largest absolute Gasteiger partial charge is 0.497 e. The number of benzene rings is 2. The Labute approximate surface area is 247 Å². The van der Waals surface area contributed by atoms with Gasteiger partial charge < -0.3 is 24.4 Å². The van der Waals surface area contributed by atoms with E-state index in [4.69, 9.17) is 14.2 Å². The third-order valence-corrected chi connectivity index (χ3v) is 8.44. The lowest BCUT2D eigenvalue weighted by atomic mass is 9.95. The fraction of sp³-hybridized carbons (Fsp3) is 0.367. The van der Waals surface area contributed by atoms with Crippen molar-refractivity contribution in [2.75, 3.05) is 13.9 Å². The fourth-order valence-electron chi connectivity index (χ4n) is 5.34. The molecule has 11 nitrogen and oxygen atoms in total. The molecule has 2 aromatic heterocycles. The first-order valence-corrected chi connectivity index (χ1v) is 14.9. The van der Waals surface area contributed by atoms with Crippen molar-refractivity contribution in [3.05, 3.63) is 70.4 Å². The second-order valence-corrected chi connectivity index (χ2v) is 11.3. The molecule has 0 spiro atoms. The van der Waals surface area contributed by atoms with Crippen LogP contribution < -0.4 is 19.5 Å². The summed E-state index contributed by atoms with van der Waals surface area (Å²) >= 11 is 1.45. The van der Waals surface area contributed by atoms with Crippen LogP contribution in [0.5, 0.6) is 17.2 Å². The Hall–Kier alpha value is -4.45. The van der Waals surface area contributed by atoms with Gasteiger partial charge in [0.15, 0.2) is 11.5 Å². The maximum absolute atomic E-state index is 14.1. The molecule has 4 aromatic rings. The number of nitrogens with zero attached hydrogens (tertiary/aromatic N) is 5. The highest BCUT2D eigenvalue weighted by molar-refractivity contribution is 7.10. The molecule has 1 aliphatic heterocycles. The summed E-state index contributed by atoms with van der Waals surface area (Å²) in [5, 5.41) is 17.9. The van der Waals surface area contributed by atoms with E-state index in [1.54, 1.807) is 12.0 Å². The minimum Gasteiger partial charge on any atom is -0.497 e. The van der Waals surface area contributed by atoms with Gasteiger partial charge in [-0.3, -0.25) is 9.59 Å². The van der Waals surface area contributed by atoms with Crippen LogP contribution in [-0.4, -0.2) is 56.9 Å². The van der Waals surface area contributed by atoms with Crippen LogP contribution in [0.3, 0.4) is 0 Å². The van der Waals surface area contributed by atoms with Gasteiger partial charge in [-0.05, 0) is 71.5 Å². The quantitative estimate of drug-likeness (QED) is 0.290. The Morgan fingerprint density at radius 2 is 1.90 bits per heavy atom. The smallest absolute Gasteiger partial charge is 0.248 e. The lowest BCUT2D eigenvalue weighted by Crippen LogP contribution is -2.47. The molecule has 0 saturated heterocycles. The SMILES string of the molecule is COc1ccc(-c2nnn(CC(=O)N(Cc3ccc4c(c3)OCO4)[C@@H](C(=O)NC3CCCCC3)c3cccs3)n2)cc1. The summed E-state index contributed by atoms with van der Waals surface area (Å²) in [5.74, 6) is 1.86. The lowest BCUT2D eigenvalue weighted by molar-refractivity contribution is -0.142. The molecule has 0 bridgehead atoms. The molecule has 2 amide bonds. The van der Waals surface area contributed by atoms with E-state index in [2.05, 4.69) is 20.7 Å². The van der Waals surface area contributed by atoms with E-state index in [-0.39, 0.29) is 37.7 Å². The summed E-state index contributed by atoms with van der Waals surface area (Å²) in [7, 11) is 1.60. The number of methoxy groups -OCH3 is 1. The molecule has 1 aliphatic carbocycles. The lowest BCUT2D eigenvalue weighted by Gasteiger charge is -2.32. The zero-order valence-corrected chi connectivity index (χ0v) is 24.1. The average molecular weight is 589 g/mol. The van der Waals surface area contributed by atoms with E-state index in [0.717, 1.165) is 41.7 Å². The number of amides is 2. The number of nitrogens with one attached hydrogen (secondary N) is 1. The zero-order valence-electron chi connectivity index (χ0n) is 23.3. The maximum atomic E-state index is 14.1. The number of carbonyl (C=O) groups excluding carboxylic acids is 2. The van der Waals surface area contributed by atoms with Crippen molar-refractivity contribution in [3.8, 4) is 28.6 Å². The molecule has 1 N–H and O–H groups in total. The Bertz CT molecular complexity index is 1520. The summed E-state index contributed by atoms with van der Waals surface area (Å²) in [5.41, 5.74) is 1.56. The minimum atomic E-state index is -0.825. The molecule has 218 valence electrons. The van der Waals surface area contributed by atoms with E-state index in [9.17, 15) is 9.59 Å². The second kappa shape index (κ2) is 12.6. The molecule has 42 heavy (non-hydrogen) atoms. The van der Waals surface area contributed by atoms with E-state index >= 15 is 0 Å². The van der Waals surface area contributed by atoms with Gasteiger partial charge in [-0.15, -0.1) is 21.5 Å². The Kier molecular flexibility index (Phi) is 8.31. The van der Waals surface area contributed by atoms with Crippen LogP contribution in [-0.2, 0) is 22.7 Å². The summed E-state index contributed by atoms with van der Waals surface area (Å²) in [6.07, 6.45) is 5.23. The van der Waals surface area contributed by atoms with E-state index in [1.807, 2.05) is 60.0 Å². The van der Waals surface area contributed by atoms with Crippen molar-refractivity contribution in [3.63, 3.8) is 0 Å². The van der Waals surface area contributed by atoms with Gasteiger partial charge in [0.05, 0.1) is 7.11 Å². The van der Waals surface area contributed by atoms with Gasteiger partial charge in [0.1, 0.15) is 18.3 Å². The first kappa shape index (κ1) is 27.7. The molecule has 1 atom stereocenters. The number of rotatable bonds is 10. The molecule has 1 fully saturated rings. The van der Waals surface area contributed by atoms with Crippen LogP contribution in [0.2, 0.25) is 0 Å². The van der Waals surface area contributed by atoms with E-state index in [0.29, 0.717) is 23.1 Å². The monoisotopic (exact) mass is 588 g/mol. The average Bonchev–Trinajstić information content (AvgIpc) is 3.80. The molecule has 0 radical (unpaired) electrons. The first-order chi connectivity index (χ1) is 20.6. The van der Waals surface area contributed by atoms with Gasteiger partial charge in [0.25, 0.3) is 0 Å². The van der Waals surface area contributed by atoms with Gasteiger partial charge >= 0.3 is 0 Å². The van der Waals surface area contributed by atoms with Crippen LogP contribution >= 0.6 is 11.3 Å². The number of hydrogen-bond acceptors (Lipinski definition) is 9. The highest BCUT2D eigenvalue weighted by Gasteiger charge is 2.34. The van der Waals surface area contributed by atoms with Crippen molar-refractivity contribution < 1.29 is 23.8 Å². The molecule has 0 unspecified atom stereocenters. The number of tetrazole rings is 1. The predicted molar refractivity (Wildman–Crippen MR) is 155 cm³/mol. The number of aromatic nitrogens is 4. The Morgan fingerprint density at radius 1 is 1.10 bits per heavy atom. The van der Waals surface area contributed by atoms with Crippen molar-refractivity contribution in [2.24, 2.45) is 0 Å². The number of fused-ring (bicyclic) bond motifs is 1. The van der Waals surface area contributed by atoms with Gasteiger partial charge in [-0.25, -0.2) is 0 Å². The molecule has 3 heterocycles. The predicted octanol–water partition coefficient (Wildman–Crippen LogP) is 4.36. The zero-order chi connectivity index (χ0) is 28.9. The van der Waals surface area contributed by atoms with E-state index < -0.39 is 6.04 Å². The van der Waals surface area contributed by atoms with Crippen LogP contribution in [0.4, 0.5) is 0 Å². The topological polar surface area (TPSA) is 121 Å². The van der Waals surface area contributed by atoms with Crippen molar-refractivity contribution in [1.82, 2.24) is 30.4 Å². The molecular weight excluding hydrogens is 556 g/mol. The number of hydrogen-bond donors (Lipinski definition) is 1. The van der Waals surface area contributed by atoms with Crippen LogP contribution in [0, 0.1) is 0 Å². The first-order valence-electron chi connectivity index (χ1n) is 14.0. The van der Waals surface area contributed by atoms with E-state index in [1.165, 1.54) is 22.6 Å². The molecule has 2 aromatic carbocycles. The standard InChI is InChI=1S/C30H32N6O5S/c1-39-23-12-10-21(11-13-23)29-32-34-36(33-29)18-27(37)35(17-20-9-14-24-25(16-20)41-19-40-24)28(26-8-5-15-42-26)30(38)31-22-6-3-2-4-7-22/h5,8-16,22,28H,2-4,6-7,17-19H2,1H3,(H,31,38)/t28-/m1/s1. The summed E-state index contributed by atoms with van der Waals surface area (Å²) in [4.78, 5) is 31.6. The molecule has 2 aliphatic rings. The third kappa shape index (κ3) is 6.23. The van der Waals surface area contributed by atoms with Gasteiger partial charge in [-0.1, -0.05) is 31.4 Å². The summed E-state index contributed by atoms with van der Waals surface area (Å²) in [6, 6.07) is 15.9. The molecular formula is C30H32N6O5S. The van der Waals surface area contributed by atoms with Gasteiger partial charge in [-0.2, -0.15) is 4.80 Å². The fourth-order valence-corrected chi connectivity index (χ4v) is 6.17. The number of ether oxygens (including phenoxy) is 3. The highest BCUT2D eigenvalue weighted by atomic mass is 32.1. The maximum Gasteiger partial charge on any atom is 0.248 e.